The zero-order valence-electron chi connectivity index (χ0n) is 19.6. The minimum Gasteiger partial charge on any atom is -0.497 e. The zero-order valence-corrected chi connectivity index (χ0v) is 20.4. The molecule has 1 aliphatic heterocycles. The van der Waals surface area contributed by atoms with Gasteiger partial charge in [0.1, 0.15) is 17.1 Å². The van der Waals surface area contributed by atoms with Crippen LogP contribution in [0.15, 0.2) is 69.9 Å². The van der Waals surface area contributed by atoms with E-state index in [0.717, 1.165) is 22.4 Å². The van der Waals surface area contributed by atoms with E-state index in [1.807, 2.05) is 55.5 Å². The average Bonchev–Trinajstić information content (AvgIpc) is 3.16. The summed E-state index contributed by atoms with van der Waals surface area (Å²) in [5, 5.41) is 0.834. The van der Waals surface area contributed by atoms with Crippen molar-refractivity contribution in [2.24, 2.45) is 0 Å². The summed E-state index contributed by atoms with van der Waals surface area (Å²) in [7, 11) is 3.21. The molecule has 1 aromatic heterocycles. The second-order valence-electron chi connectivity index (χ2n) is 8.55. The van der Waals surface area contributed by atoms with Crippen LogP contribution < -0.4 is 14.9 Å². The molecule has 6 nitrogen and oxygen atoms in total. The largest absolute Gasteiger partial charge is 0.497 e. The van der Waals surface area contributed by atoms with Gasteiger partial charge in [0, 0.05) is 11.6 Å². The molecule has 35 heavy (non-hydrogen) atoms. The highest BCUT2D eigenvalue weighted by molar-refractivity contribution is 6.32. The number of carbonyl (C=O) groups is 1. The van der Waals surface area contributed by atoms with Crippen molar-refractivity contribution in [2.75, 3.05) is 20.8 Å². The van der Waals surface area contributed by atoms with Crippen LogP contribution in [0, 0.1) is 6.92 Å². The van der Waals surface area contributed by atoms with E-state index in [1.165, 1.54) is 0 Å². The Hall–Kier alpha value is -3.77. The van der Waals surface area contributed by atoms with Crippen molar-refractivity contribution in [1.82, 2.24) is 4.90 Å². The Morgan fingerprint density at radius 1 is 0.971 bits per heavy atom. The van der Waals surface area contributed by atoms with E-state index in [4.69, 9.17) is 25.5 Å². The van der Waals surface area contributed by atoms with Gasteiger partial charge in [-0.3, -0.25) is 9.59 Å². The quantitative estimate of drug-likeness (QED) is 0.354. The van der Waals surface area contributed by atoms with E-state index in [-0.39, 0.29) is 17.1 Å². The minimum atomic E-state index is -0.605. The van der Waals surface area contributed by atoms with Crippen molar-refractivity contribution < 1.29 is 18.7 Å². The van der Waals surface area contributed by atoms with Crippen LogP contribution in [0.5, 0.6) is 11.5 Å². The molecule has 1 atom stereocenters. The normalized spacial score (nSPS) is 14.9. The van der Waals surface area contributed by atoms with Crippen LogP contribution in [-0.2, 0) is 6.42 Å². The van der Waals surface area contributed by atoms with Crippen molar-refractivity contribution in [3.63, 3.8) is 0 Å². The number of halogens is 1. The second kappa shape index (κ2) is 9.12. The van der Waals surface area contributed by atoms with Gasteiger partial charge in [-0.2, -0.15) is 0 Å². The predicted molar refractivity (Wildman–Crippen MR) is 135 cm³/mol. The van der Waals surface area contributed by atoms with Gasteiger partial charge in [0.2, 0.25) is 5.76 Å². The molecule has 5 rings (SSSR count). The van der Waals surface area contributed by atoms with Crippen molar-refractivity contribution in [2.45, 2.75) is 19.4 Å². The smallest absolute Gasteiger partial charge is 0.290 e. The van der Waals surface area contributed by atoms with Gasteiger partial charge < -0.3 is 18.8 Å². The van der Waals surface area contributed by atoms with Gasteiger partial charge in [0.15, 0.2) is 5.43 Å². The minimum absolute atomic E-state index is 0.0757. The van der Waals surface area contributed by atoms with E-state index in [1.54, 1.807) is 31.3 Å². The van der Waals surface area contributed by atoms with Gasteiger partial charge in [-0.25, -0.2) is 0 Å². The van der Waals surface area contributed by atoms with Gasteiger partial charge in [-0.15, -0.1) is 0 Å². The predicted octanol–water partition coefficient (Wildman–Crippen LogP) is 5.56. The number of methoxy groups -OCH3 is 2. The molecule has 1 amide bonds. The molecule has 1 aliphatic rings. The number of amides is 1. The lowest BCUT2D eigenvalue weighted by molar-refractivity contribution is 0.0730. The van der Waals surface area contributed by atoms with Crippen molar-refractivity contribution in [3.05, 3.63) is 104 Å². The Balaban J connectivity index is 1.63. The average molecular weight is 490 g/mol. The molecule has 3 aromatic carbocycles. The van der Waals surface area contributed by atoms with Gasteiger partial charge in [0.05, 0.1) is 31.2 Å². The number of aryl methyl sites for hydroxylation is 1. The second-order valence-corrected chi connectivity index (χ2v) is 8.95. The lowest BCUT2D eigenvalue weighted by Gasteiger charge is -2.25. The number of hydrogen-bond donors (Lipinski definition) is 0. The fraction of sp³-hybridized carbons (Fsp3) is 0.214. The topological polar surface area (TPSA) is 69.0 Å². The van der Waals surface area contributed by atoms with Crippen LogP contribution in [0.2, 0.25) is 5.02 Å². The highest BCUT2D eigenvalue weighted by atomic mass is 35.5. The lowest BCUT2D eigenvalue weighted by atomic mass is 9.97. The number of fused-ring (bicyclic) bond motifs is 2. The highest BCUT2D eigenvalue weighted by Crippen LogP contribution is 2.39. The first-order chi connectivity index (χ1) is 16.9. The van der Waals surface area contributed by atoms with E-state index >= 15 is 0 Å². The molecule has 0 radical (unpaired) electrons. The summed E-state index contributed by atoms with van der Waals surface area (Å²) < 4.78 is 16.7. The highest BCUT2D eigenvalue weighted by Gasteiger charge is 2.42. The molecule has 0 fully saturated rings. The molecule has 0 N–H and O–H groups in total. The third-order valence-electron chi connectivity index (χ3n) is 6.46. The number of carbonyl (C=O) groups excluding carboxylic acids is 1. The summed E-state index contributed by atoms with van der Waals surface area (Å²) in [5.74, 6) is 1.17. The van der Waals surface area contributed by atoms with Crippen LogP contribution in [0.1, 0.15) is 38.9 Å². The third kappa shape index (κ3) is 4.04. The fourth-order valence-corrected chi connectivity index (χ4v) is 4.74. The molecule has 0 saturated heterocycles. The van der Waals surface area contributed by atoms with Crippen LogP contribution in [0.3, 0.4) is 0 Å². The summed E-state index contributed by atoms with van der Waals surface area (Å²) in [5.41, 5.74) is 3.02. The van der Waals surface area contributed by atoms with Crippen LogP contribution in [0.4, 0.5) is 0 Å². The molecule has 0 spiro atoms. The van der Waals surface area contributed by atoms with Gasteiger partial charge >= 0.3 is 0 Å². The Morgan fingerprint density at radius 2 is 1.71 bits per heavy atom. The summed E-state index contributed by atoms with van der Waals surface area (Å²) in [4.78, 5) is 29.0. The molecule has 0 bridgehead atoms. The molecular weight excluding hydrogens is 466 g/mol. The van der Waals surface area contributed by atoms with E-state index in [9.17, 15) is 9.59 Å². The standard InChI is InChI=1S/C28H24ClNO5/c1-16-13-23-21(15-22(16)29)26(31)24-25(18-5-4-6-20(14-18)34-3)30(28(32)27(24)35-23)12-11-17-7-9-19(33-2)10-8-17/h4-10,13-15,25H,11-12H2,1-3H3. The zero-order chi connectivity index (χ0) is 24.7. The maximum absolute atomic E-state index is 13.7. The monoisotopic (exact) mass is 489 g/mol. The van der Waals surface area contributed by atoms with Crippen LogP contribution >= 0.6 is 11.6 Å². The Morgan fingerprint density at radius 3 is 2.43 bits per heavy atom. The Labute approximate surface area is 207 Å². The lowest BCUT2D eigenvalue weighted by Crippen LogP contribution is -2.31. The number of rotatable bonds is 6. The number of ether oxygens (including phenoxy) is 2. The molecule has 2 heterocycles. The number of benzene rings is 3. The maximum Gasteiger partial charge on any atom is 0.290 e. The van der Waals surface area contributed by atoms with Crippen LogP contribution in [-0.4, -0.2) is 31.6 Å². The van der Waals surface area contributed by atoms with Crippen molar-refractivity contribution in [3.8, 4) is 11.5 Å². The molecule has 4 aromatic rings. The maximum atomic E-state index is 13.7. The van der Waals surface area contributed by atoms with Crippen LogP contribution in [0.25, 0.3) is 11.0 Å². The van der Waals surface area contributed by atoms with Gasteiger partial charge in [0.25, 0.3) is 5.91 Å². The first-order valence-electron chi connectivity index (χ1n) is 11.3. The van der Waals surface area contributed by atoms with Crippen molar-refractivity contribution in [1.29, 1.82) is 0 Å². The van der Waals surface area contributed by atoms with E-state index in [0.29, 0.717) is 40.3 Å². The molecule has 178 valence electrons. The first-order valence-corrected chi connectivity index (χ1v) is 11.6. The molecule has 7 heteroatoms. The van der Waals surface area contributed by atoms with E-state index < -0.39 is 6.04 Å². The fourth-order valence-electron chi connectivity index (χ4n) is 4.57. The van der Waals surface area contributed by atoms with E-state index in [2.05, 4.69) is 0 Å². The van der Waals surface area contributed by atoms with Crippen molar-refractivity contribution >= 4 is 28.5 Å². The first kappa shape index (κ1) is 23.0. The van der Waals surface area contributed by atoms with Gasteiger partial charge in [-0.05, 0) is 66.4 Å². The Bertz CT molecular complexity index is 1490. The Kier molecular flexibility index (Phi) is 5.99. The van der Waals surface area contributed by atoms with Gasteiger partial charge in [-0.1, -0.05) is 35.9 Å². The molecular formula is C28H24ClNO5. The summed E-state index contributed by atoms with van der Waals surface area (Å²) in [6, 6.07) is 17.8. The summed E-state index contributed by atoms with van der Waals surface area (Å²) in [6.07, 6.45) is 0.600. The summed E-state index contributed by atoms with van der Waals surface area (Å²) >= 11 is 6.32. The number of nitrogens with zero attached hydrogens (tertiary/aromatic N) is 1. The SMILES string of the molecule is COc1ccc(CCN2C(=O)c3oc4cc(C)c(Cl)cc4c(=O)c3C2c2cccc(OC)c2)cc1. The third-order valence-corrected chi connectivity index (χ3v) is 6.86. The molecule has 0 aliphatic carbocycles. The summed E-state index contributed by atoms with van der Waals surface area (Å²) in [6.45, 7) is 2.23. The molecule has 1 unspecified atom stereocenters. The number of hydrogen-bond acceptors (Lipinski definition) is 5. The molecule has 0 saturated carbocycles.